The van der Waals surface area contributed by atoms with Gasteiger partial charge in [-0.2, -0.15) is 4.72 Å². The zero-order chi connectivity index (χ0) is 30.7. The van der Waals surface area contributed by atoms with Crippen LogP contribution in [0.2, 0.25) is 0 Å². The van der Waals surface area contributed by atoms with Gasteiger partial charge in [-0.15, -0.1) is 0 Å². The third-order valence-corrected chi connectivity index (χ3v) is 7.98. The number of carbonyl (C=O) groups is 2. The van der Waals surface area contributed by atoms with Crippen molar-refractivity contribution >= 4 is 21.9 Å². The minimum Gasteiger partial charge on any atom is -0.491 e. The van der Waals surface area contributed by atoms with Gasteiger partial charge in [0.1, 0.15) is 18.4 Å². The molecular formula is C34H36N2O6S. The Morgan fingerprint density at radius 1 is 0.721 bits per heavy atom. The Morgan fingerprint density at radius 2 is 1.26 bits per heavy atom. The molecule has 2 N–H and O–H groups in total. The van der Waals surface area contributed by atoms with Crippen LogP contribution in [0.4, 0.5) is 0 Å². The van der Waals surface area contributed by atoms with Crippen LogP contribution < -0.4 is 14.8 Å². The fourth-order valence-corrected chi connectivity index (χ4v) is 5.62. The summed E-state index contributed by atoms with van der Waals surface area (Å²) in [6, 6.07) is 31.6. The van der Waals surface area contributed by atoms with Gasteiger partial charge in [0.05, 0.1) is 17.0 Å². The standard InChI is InChI=1S/C34H36N2O6S/c1-25(2)42-30-18-20-31(21-19-30)43(39,40)36-32(23-27-14-8-4-9-15-27)34(38)41-24-29(22-26-12-6-3-7-13-26)35-33(37)28-16-10-5-11-17-28/h3-21,25,29,32,36H,22-24H2,1-2H3,(H,35,37)/t29-,32+/m0/s1. The van der Waals surface area contributed by atoms with Gasteiger partial charge in [-0.1, -0.05) is 78.9 Å². The van der Waals surface area contributed by atoms with E-state index in [4.69, 9.17) is 9.47 Å². The minimum absolute atomic E-state index is 0.00783. The van der Waals surface area contributed by atoms with Crippen molar-refractivity contribution in [2.24, 2.45) is 0 Å². The number of amides is 1. The lowest BCUT2D eigenvalue weighted by molar-refractivity contribution is -0.146. The Balaban J connectivity index is 1.51. The van der Waals surface area contributed by atoms with E-state index in [1.807, 2.05) is 80.6 Å². The molecule has 8 nitrogen and oxygen atoms in total. The Hall–Kier alpha value is -4.47. The molecule has 0 radical (unpaired) electrons. The number of nitrogens with one attached hydrogen (secondary N) is 2. The molecule has 0 bridgehead atoms. The molecule has 0 aliphatic rings. The maximum absolute atomic E-state index is 13.5. The van der Waals surface area contributed by atoms with Crippen molar-refractivity contribution in [2.45, 2.75) is 49.8 Å². The minimum atomic E-state index is -4.09. The summed E-state index contributed by atoms with van der Waals surface area (Å²) in [5.74, 6) is -0.514. The van der Waals surface area contributed by atoms with Gasteiger partial charge in [0.2, 0.25) is 10.0 Å². The summed E-state index contributed by atoms with van der Waals surface area (Å²) in [6.45, 7) is 3.60. The largest absolute Gasteiger partial charge is 0.491 e. The molecule has 224 valence electrons. The molecule has 0 unspecified atom stereocenters. The molecule has 2 atom stereocenters. The number of sulfonamides is 1. The maximum atomic E-state index is 13.5. The molecular weight excluding hydrogens is 564 g/mol. The number of esters is 1. The van der Waals surface area contributed by atoms with Crippen molar-refractivity contribution in [3.8, 4) is 5.75 Å². The second-order valence-corrected chi connectivity index (χ2v) is 12.1. The van der Waals surface area contributed by atoms with Crippen molar-refractivity contribution in [1.29, 1.82) is 0 Å². The average Bonchev–Trinajstić information content (AvgIpc) is 3.00. The second-order valence-electron chi connectivity index (χ2n) is 10.4. The van der Waals surface area contributed by atoms with Gasteiger partial charge in [-0.25, -0.2) is 8.42 Å². The molecule has 43 heavy (non-hydrogen) atoms. The van der Waals surface area contributed by atoms with E-state index in [-0.39, 0.29) is 29.9 Å². The normalized spacial score (nSPS) is 12.7. The molecule has 0 aliphatic carbocycles. The molecule has 4 aromatic carbocycles. The zero-order valence-corrected chi connectivity index (χ0v) is 25.0. The van der Waals surface area contributed by atoms with E-state index in [0.29, 0.717) is 17.7 Å². The molecule has 0 fully saturated rings. The highest BCUT2D eigenvalue weighted by Crippen LogP contribution is 2.18. The third-order valence-electron chi connectivity index (χ3n) is 6.49. The first kappa shape index (κ1) is 31.5. The van der Waals surface area contributed by atoms with Gasteiger partial charge >= 0.3 is 5.97 Å². The lowest BCUT2D eigenvalue weighted by atomic mass is 10.1. The van der Waals surface area contributed by atoms with Gasteiger partial charge in [0, 0.05) is 5.56 Å². The Labute approximate surface area is 253 Å². The summed E-state index contributed by atoms with van der Waals surface area (Å²) in [4.78, 5) is 26.4. The average molecular weight is 601 g/mol. The Bertz CT molecular complexity index is 1560. The van der Waals surface area contributed by atoms with Crippen LogP contribution in [0.25, 0.3) is 0 Å². The number of hydrogen-bond donors (Lipinski definition) is 2. The van der Waals surface area contributed by atoms with Crippen LogP contribution in [0.15, 0.2) is 120 Å². The first-order valence-electron chi connectivity index (χ1n) is 14.1. The van der Waals surface area contributed by atoms with Crippen LogP contribution in [0.5, 0.6) is 5.75 Å². The highest BCUT2D eigenvalue weighted by atomic mass is 32.2. The summed E-state index contributed by atoms with van der Waals surface area (Å²) >= 11 is 0. The third kappa shape index (κ3) is 9.80. The first-order chi connectivity index (χ1) is 20.7. The molecule has 0 aromatic heterocycles. The van der Waals surface area contributed by atoms with E-state index >= 15 is 0 Å². The van der Waals surface area contributed by atoms with Gasteiger partial charge in [0.15, 0.2) is 0 Å². The van der Waals surface area contributed by atoms with Crippen LogP contribution in [0, 0.1) is 0 Å². The molecule has 4 rings (SSSR count). The summed E-state index contributed by atoms with van der Waals surface area (Å²) < 4.78 is 40.5. The van der Waals surface area contributed by atoms with Gasteiger partial charge in [-0.3, -0.25) is 9.59 Å². The van der Waals surface area contributed by atoms with Crippen molar-refractivity contribution in [2.75, 3.05) is 6.61 Å². The number of hydrogen-bond acceptors (Lipinski definition) is 6. The molecule has 9 heteroatoms. The van der Waals surface area contributed by atoms with E-state index < -0.39 is 28.1 Å². The van der Waals surface area contributed by atoms with E-state index in [9.17, 15) is 18.0 Å². The van der Waals surface area contributed by atoms with Crippen molar-refractivity contribution in [3.63, 3.8) is 0 Å². The van der Waals surface area contributed by atoms with Gasteiger partial charge in [-0.05, 0) is 74.2 Å². The molecule has 4 aromatic rings. The summed E-state index contributed by atoms with van der Waals surface area (Å²) in [5, 5.41) is 2.95. The zero-order valence-electron chi connectivity index (χ0n) is 24.2. The maximum Gasteiger partial charge on any atom is 0.324 e. The fraction of sp³-hybridized carbons (Fsp3) is 0.235. The molecule has 0 aliphatic heterocycles. The topological polar surface area (TPSA) is 111 Å². The molecule has 1 amide bonds. The van der Waals surface area contributed by atoms with Gasteiger partial charge < -0.3 is 14.8 Å². The van der Waals surface area contributed by atoms with E-state index in [1.165, 1.54) is 12.1 Å². The van der Waals surface area contributed by atoms with Crippen LogP contribution in [-0.4, -0.2) is 45.1 Å². The highest BCUT2D eigenvalue weighted by Gasteiger charge is 2.28. The Kier molecular flexibility index (Phi) is 11.1. The predicted molar refractivity (Wildman–Crippen MR) is 165 cm³/mol. The summed E-state index contributed by atoms with van der Waals surface area (Å²) in [7, 11) is -4.09. The lowest BCUT2D eigenvalue weighted by Gasteiger charge is -2.22. The summed E-state index contributed by atoms with van der Waals surface area (Å²) in [5.41, 5.74) is 2.18. The quantitative estimate of drug-likeness (QED) is 0.198. The fourth-order valence-electron chi connectivity index (χ4n) is 4.44. The number of ether oxygens (including phenoxy) is 2. The predicted octanol–water partition coefficient (Wildman–Crippen LogP) is 4.95. The van der Waals surface area contributed by atoms with Crippen molar-refractivity contribution < 1.29 is 27.5 Å². The molecule has 0 heterocycles. The first-order valence-corrected chi connectivity index (χ1v) is 15.6. The molecule has 0 saturated carbocycles. The van der Waals surface area contributed by atoms with E-state index in [0.717, 1.165) is 11.1 Å². The van der Waals surface area contributed by atoms with Crippen LogP contribution >= 0.6 is 0 Å². The number of benzene rings is 4. The van der Waals surface area contributed by atoms with Gasteiger partial charge in [0.25, 0.3) is 5.91 Å². The number of carbonyl (C=O) groups excluding carboxylic acids is 2. The number of rotatable bonds is 14. The monoisotopic (exact) mass is 600 g/mol. The highest BCUT2D eigenvalue weighted by molar-refractivity contribution is 7.89. The van der Waals surface area contributed by atoms with Crippen LogP contribution in [0.1, 0.15) is 35.3 Å². The molecule has 0 saturated heterocycles. The van der Waals surface area contributed by atoms with Crippen LogP contribution in [-0.2, 0) is 32.4 Å². The van der Waals surface area contributed by atoms with Crippen LogP contribution in [0.3, 0.4) is 0 Å². The summed E-state index contributed by atoms with van der Waals surface area (Å²) in [6.07, 6.45) is 0.425. The molecule has 0 spiro atoms. The van der Waals surface area contributed by atoms with Crippen molar-refractivity contribution in [3.05, 3.63) is 132 Å². The SMILES string of the molecule is CC(C)Oc1ccc(S(=O)(=O)N[C@H](Cc2ccccc2)C(=O)OC[C@H](Cc2ccccc2)NC(=O)c2ccccc2)cc1. The smallest absolute Gasteiger partial charge is 0.324 e. The van der Waals surface area contributed by atoms with E-state index in [2.05, 4.69) is 10.0 Å². The Morgan fingerprint density at radius 3 is 1.81 bits per heavy atom. The van der Waals surface area contributed by atoms with E-state index in [1.54, 1.807) is 36.4 Å². The van der Waals surface area contributed by atoms with Crippen molar-refractivity contribution in [1.82, 2.24) is 10.0 Å². The lowest BCUT2D eigenvalue weighted by Crippen LogP contribution is -2.46. The second kappa shape index (κ2) is 15.1.